The van der Waals surface area contributed by atoms with Gasteiger partial charge in [0.1, 0.15) is 5.75 Å². The van der Waals surface area contributed by atoms with Crippen LogP contribution in [0.3, 0.4) is 0 Å². The smallest absolute Gasteiger partial charge is 0.389 e. The number of hydrogen-bond donors (Lipinski definition) is 0. The molecule has 0 N–H and O–H groups in total. The molecule has 0 saturated carbocycles. The van der Waals surface area contributed by atoms with Gasteiger partial charge >= 0.3 is 18.9 Å². The van der Waals surface area contributed by atoms with Gasteiger partial charge in [-0.1, -0.05) is 24.6 Å². The van der Waals surface area contributed by atoms with E-state index in [1.807, 2.05) is 6.92 Å². The summed E-state index contributed by atoms with van der Waals surface area (Å²) in [6.07, 6.45) is -4.41. The topological polar surface area (TPSA) is 61.2 Å². The van der Waals surface area contributed by atoms with Crippen LogP contribution in [-0.2, 0) is 29.5 Å². The highest BCUT2D eigenvalue weighted by Crippen LogP contribution is 2.38. The Morgan fingerprint density at radius 3 is 2.38 bits per heavy atom. The number of alkyl halides is 5. The fraction of sp³-hybridized carbons (Fsp3) is 0.444. The summed E-state index contributed by atoms with van der Waals surface area (Å²) in [6, 6.07) is 4.43. The van der Waals surface area contributed by atoms with Crippen molar-refractivity contribution < 1.29 is 36.3 Å². The second-order valence-corrected chi connectivity index (χ2v) is 6.23. The van der Waals surface area contributed by atoms with Crippen LogP contribution in [0.2, 0.25) is 5.02 Å². The van der Waals surface area contributed by atoms with Gasteiger partial charge in [-0.3, -0.25) is 4.68 Å². The second-order valence-electron chi connectivity index (χ2n) is 5.85. The molecule has 1 heterocycles. The second kappa shape index (κ2) is 10.9. The molecule has 2 aromatic rings. The van der Waals surface area contributed by atoms with Crippen LogP contribution in [0.5, 0.6) is 5.75 Å². The van der Waals surface area contributed by atoms with E-state index < -0.39 is 19.2 Å². The van der Waals surface area contributed by atoms with Gasteiger partial charge in [0, 0.05) is 19.0 Å². The Balaban J connectivity index is 0.00000132. The van der Waals surface area contributed by atoms with Crippen LogP contribution in [-0.4, -0.2) is 28.7 Å². The van der Waals surface area contributed by atoms with Gasteiger partial charge in [0.05, 0.1) is 16.4 Å². The van der Waals surface area contributed by atoms with E-state index in [1.54, 1.807) is 13.1 Å². The molecule has 0 spiro atoms. The van der Waals surface area contributed by atoms with E-state index in [-0.39, 0.29) is 24.7 Å². The van der Waals surface area contributed by atoms with E-state index in [1.165, 1.54) is 16.8 Å². The summed E-state index contributed by atoms with van der Waals surface area (Å²) >= 11 is 6.29. The van der Waals surface area contributed by atoms with Gasteiger partial charge in [0.25, 0.3) is 0 Å². The van der Waals surface area contributed by atoms with E-state index in [0.29, 0.717) is 34.0 Å². The van der Waals surface area contributed by atoms with Crippen LogP contribution in [0, 0.1) is 0 Å². The van der Waals surface area contributed by atoms with Crippen molar-refractivity contribution in [3.63, 3.8) is 0 Å². The highest BCUT2D eigenvalue weighted by Gasteiger charge is 2.26. The predicted molar refractivity (Wildman–Crippen MR) is 93.7 cm³/mol. The summed E-state index contributed by atoms with van der Waals surface area (Å²) < 4.78 is 68.5. The van der Waals surface area contributed by atoms with E-state index in [2.05, 4.69) is 9.84 Å². The number of hydrogen-bond acceptors (Lipinski definition) is 4. The van der Waals surface area contributed by atoms with Crippen LogP contribution in [0.25, 0.3) is 11.3 Å². The molecule has 0 saturated heterocycles. The highest BCUT2D eigenvalue weighted by atomic mass is 35.5. The molecular weight excluding hydrogens is 423 g/mol. The lowest BCUT2D eigenvalue weighted by molar-refractivity contribution is -0.191. The third kappa shape index (κ3) is 7.47. The summed E-state index contributed by atoms with van der Waals surface area (Å²) in [4.78, 5) is 16.2. The van der Waals surface area contributed by atoms with Crippen LogP contribution in [0.15, 0.2) is 18.2 Å². The van der Waals surface area contributed by atoms with Crippen molar-refractivity contribution in [1.82, 2.24) is 9.78 Å². The molecule has 5 nitrogen and oxygen atoms in total. The third-order valence-electron chi connectivity index (χ3n) is 3.83. The molecule has 2 rings (SSSR count). The first-order valence-corrected chi connectivity index (χ1v) is 8.77. The first kappa shape index (κ1) is 24.6. The monoisotopic (exact) mass is 440 g/mol. The molecule has 160 valence electrons. The minimum Gasteiger partial charge on any atom is -0.434 e. The summed E-state index contributed by atoms with van der Waals surface area (Å²) in [5, 5.41) is 4.57. The van der Waals surface area contributed by atoms with Crippen molar-refractivity contribution in [2.75, 3.05) is 0 Å². The summed E-state index contributed by atoms with van der Waals surface area (Å²) in [6.45, 7) is -1.21. The molecule has 11 heteroatoms. The minimum absolute atomic E-state index is 0.0959. The highest BCUT2D eigenvalue weighted by molar-refractivity contribution is 6.33. The van der Waals surface area contributed by atoms with Gasteiger partial charge in [-0.2, -0.15) is 36.6 Å². The maximum atomic E-state index is 12.8. The SMILES string of the molecule is CCc1nn(C)c(-c2ccc(CCCC(F)(F)F)cc2OC(F)F)c1Cl.O=C=O. The van der Waals surface area contributed by atoms with Gasteiger partial charge < -0.3 is 4.74 Å². The van der Waals surface area contributed by atoms with E-state index >= 15 is 0 Å². The zero-order chi connectivity index (χ0) is 22.2. The maximum absolute atomic E-state index is 12.8. The minimum atomic E-state index is -4.25. The molecule has 0 atom stereocenters. The molecule has 0 unspecified atom stereocenters. The van der Waals surface area contributed by atoms with E-state index in [9.17, 15) is 22.0 Å². The number of carbonyl (C=O) groups excluding carboxylic acids is 2. The average molecular weight is 441 g/mol. The standard InChI is InChI=1S/C17H18ClF5N2O.CO2/c1-3-12-14(18)15(25(2)24-12)11-7-6-10(5-4-8-17(21,22)23)9-13(11)26-16(19)20;2-1-3/h6-7,9,16H,3-5,8H2,1-2H3;. The summed E-state index contributed by atoms with van der Waals surface area (Å²) in [7, 11) is 1.63. The molecule has 0 amide bonds. The number of rotatable bonds is 7. The Morgan fingerprint density at radius 1 is 1.28 bits per heavy atom. The Hall–Kier alpha value is -2.45. The van der Waals surface area contributed by atoms with Crippen molar-refractivity contribution >= 4 is 17.8 Å². The summed E-state index contributed by atoms with van der Waals surface area (Å²) in [5.74, 6) is -0.142. The Bertz CT molecular complexity index is 847. The lowest BCUT2D eigenvalue weighted by Crippen LogP contribution is -2.08. The zero-order valence-corrected chi connectivity index (χ0v) is 16.3. The van der Waals surface area contributed by atoms with E-state index in [4.69, 9.17) is 21.2 Å². The largest absolute Gasteiger partial charge is 0.434 e. The van der Waals surface area contributed by atoms with Gasteiger partial charge in [-0.25, -0.2) is 0 Å². The first-order valence-electron chi connectivity index (χ1n) is 8.39. The Morgan fingerprint density at radius 2 is 1.90 bits per heavy atom. The lowest BCUT2D eigenvalue weighted by atomic mass is 10.0. The van der Waals surface area contributed by atoms with Crippen LogP contribution in [0.4, 0.5) is 22.0 Å². The van der Waals surface area contributed by atoms with Gasteiger partial charge in [0.2, 0.25) is 0 Å². The fourth-order valence-electron chi connectivity index (χ4n) is 2.68. The number of halogens is 6. The van der Waals surface area contributed by atoms with Crippen LogP contribution >= 0.6 is 11.6 Å². The average Bonchev–Trinajstić information content (AvgIpc) is 2.88. The third-order valence-corrected chi connectivity index (χ3v) is 4.23. The van der Waals surface area contributed by atoms with Crippen molar-refractivity contribution in [3.8, 4) is 17.0 Å². The maximum Gasteiger partial charge on any atom is 0.389 e. The van der Waals surface area contributed by atoms with Gasteiger partial charge in [-0.15, -0.1) is 0 Å². The molecule has 0 aliphatic carbocycles. The first-order chi connectivity index (χ1) is 13.5. The fourth-order valence-corrected chi connectivity index (χ4v) is 3.07. The Kier molecular flexibility index (Phi) is 9.26. The van der Waals surface area contributed by atoms with Crippen molar-refractivity contribution in [2.45, 2.75) is 45.4 Å². The quantitative estimate of drug-likeness (QED) is 0.555. The van der Waals surface area contributed by atoms with Crippen molar-refractivity contribution in [1.29, 1.82) is 0 Å². The van der Waals surface area contributed by atoms with Crippen LogP contribution < -0.4 is 4.74 Å². The number of aryl methyl sites for hydroxylation is 3. The van der Waals surface area contributed by atoms with Crippen LogP contribution in [0.1, 0.15) is 31.0 Å². The van der Waals surface area contributed by atoms with E-state index in [0.717, 1.165) is 0 Å². The van der Waals surface area contributed by atoms with Crippen molar-refractivity contribution in [3.05, 3.63) is 34.5 Å². The molecule has 0 aliphatic heterocycles. The lowest BCUT2D eigenvalue weighted by Gasteiger charge is -2.14. The molecule has 0 radical (unpaired) electrons. The van der Waals surface area contributed by atoms with Gasteiger partial charge in [0.15, 0.2) is 0 Å². The molecule has 29 heavy (non-hydrogen) atoms. The number of benzene rings is 1. The number of ether oxygens (including phenoxy) is 1. The van der Waals surface area contributed by atoms with Gasteiger partial charge in [-0.05, 0) is 37.0 Å². The van der Waals surface area contributed by atoms with Crippen molar-refractivity contribution in [2.24, 2.45) is 7.05 Å². The number of aromatic nitrogens is 2. The zero-order valence-electron chi connectivity index (χ0n) is 15.5. The molecule has 1 aromatic carbocycles. The molecule has 0 fully saturated rings. The molecular formula is C18H18ClF5N2O3. The molecule has 1 aromatic heterocycles. The molecule has 0 bridgehead atoms. The normalized spacial score (nSPS) is 11.1. The Labute approximate surface area is 168 Å². The number of nitrogens with zero attached hydrogens (tertiary/aromatic N) is 2. The summed E-state index contributed by atoms with van der Waals surface area (Å²) in [5.41, 5.74) is 1.81. The molecule has 0 aliphatic rings. The predicted octanol–water partition coefficient (Wildman–Crippen LogP) is 5.21.